The molecule has 0 unspecified atom stereocenters. The maximum Gasteiger partial charge on any atom is 0.226 e. The van der Waals surface area contributed by atoms with Gasteiger partial charge in [0.05, 0.1) is 5.39 Å². The van der Waals surface area contributed by atoms with Crippen molar-refractivity contribution in [1.29, 1.82) is 0 Å². The van der Waals surface area contributed by atoms with Crippen molar-refractivity contribution in [2.75, 3.05) is 17.2 Å². The van der Waals surface area contributed by atoms with Crippen molar-refractivity contribution in [3.63, 3.8) is 0 Å². The van der Waals surface area contributed by atoms with E-state index >= 15 is 0 Å². The lowest BCUT2D eigenvalue weighted by Crippen LogP contribution is -2.33. The van der Waals surface area contributed by atoms with Gasteiger partial charge in [-0.1, -0.05) is 13.8 Å². The van der Waals surface area contributed by atoms with E-state index in [0.29, 0.717) is 5.95 Å². The number of hydrogen-bond acceptors (Lipinski definition) is 5. The fourth-order valence-corrected chi connectivity index (χ4v) is 2.97. The Morgan fingerprint density at radius 2 is 1.90 bits per heavy atom. The highest BCUT2D eigenvalue weighted by Gasteiger charge is 2.22. The molecule has 0 aliphatic carbocycles. The average Bonchev–Trinajstić information content (AvgIpc) is 2.80. The van der Waals surface area contributed by atoms with E-state index in [-0.39, 0.29) is 5.54 Å². The van der Waals surface area contributed by atoms with E-state index in [0.717, 1.165) is 35.4 Å². The Balaban J connectivity index is 2.48. The highest BCUT2D eigenvalue weighted by Crippen LogP contribution is 2.32. The van der Waals surface area contributed by atoms with Gasteiger partial charge in [-0.15, -0.1) is 11.3 Å². The van der Waals surface area contributed by atoms with Crippen molar-refractivity contribution in [1.82, 2.24) is 9.97 Å². The number of fused-ring (bicyclic) bond motifs is 1. The largest absolute Gasteiger partial charge is 0.364 e. The third-order valence-electron chi connectivity index (χ3n) is 3.83. The molecule has 0 amide bonds. The molecule has 0 saturated carbocycles. The Bertz CT molecular complexity index is 587. The standard InChI is InChI=1S/C15H24N4S/c1-6-15(5,7-2)19-12-11-9-10(4)20-13(11)18-14(17-12)16-8-3/h9H,6-8H2,1-5H3,(H2,16,17,18,19). The highest BCUT2D eigenvalue weighted by atomic mass is 32.1. The Morgan fingerprint density at radius 1 is 1.20 bits per heavy atom. The van der Waals surface area contributed by atoms with E-state index in [2.05, 4.69) is 61.3 Å². The molecule has 2 N–H and O–H groups in total. The predicted octanol–water partition coefficient (Wildman–Crippen LogP) is 4.42. The van der Waals surface area contributed by atoms with Crippen LogP contribution in [0, 0.1) is 6.92 Å². The van der Waals surface area contributed by atoms with Gasteiger partial charge in [0.25, 0.3) is 0 Å². The predicted molar refractivity (Wildman–Crippen MR) is 88.9 cm³/mol. The molecule has 5 heteroatoms. The second-order valence-corrected chi connectivity index (χ2v) is 6.63. The van der Waals surface area contributed by atoms with Gasteiger partial charge in [-0.25, -0.2) is 4.98 Å². The Labute approximate surface area is 125 Å². The summed E-state index contributed by atoms with van der Waals surface area (Å²) in [5, 5.41) is 7.97. The van der Waals surface area contributed by atoms with Crippen molar-refractivity contribution < 1.29 is 0 Å². The van der Waals surface area contributed by atoms with Gasteiger partial charge >= 0.3 is 0 Å². The van der Waals surface area contributed by atoms with E-state index in [9.17, 15) is 0 Å². The van der Waals surface area contributed by atoms with Gasteiger partial charge in [-0.05, 0) is 39.7 Å². The van der Waals surface area contributed by atoms with Crippen LogP contribution < -0.4 is 10.6 Å². The molecule has 0 spiro atoms. The quantitative estimate of drug-likeness (QED) is 0.827. The smallest absolute Gasteiger partial charge is 0.226 e. The number of aryl methyl sites for hydroxylation is 1. The number of anilines is 2. The highest BCUT2D eigenvalue weighted by molar-refractivity contribution is 7.18. The molecule has 0 saturated heterocycles. The van der Waals surface area contributed by atoms with Crippen LogP contribution in [0.1, 0.15) is 45.4 Å². The summed E-state index contributed by atoms with van der Waals surface area (Å²) in [7, 11) is 0. The molecular weight excluding hydrogens is 268 g/mol. The molecule has 4 nitrogen and oxygen atoms in total. The van der Waals surface area contributed by atoms with Crippen LogP contribution >= 0.6 is 11.3 Å². The fraction of sp³-hybridized carbons (Fsp3) is 0.600. The van der Waals surface area contributed by atoms with E-state index in [1.807, 2.05) is 0 Å². The van der Waals surface area contributed by atoms with E-state index < -0.39 is 0 Å². The molecule has 0 aromatic carbocycles. The summed E-state index contributed by atoms with van der Waals surface area (Å²) in [5.41, 5.74) is 0.0700. The Hall–Kier alpha value is -1.36. The van der Waals surface area contributed by atoms with Crippen LogP contribution in [-0.4, -0.2) is 22.1 Å². The van der Waals surface area contributed by atoms with Crippen LogP contribution in [0.5, 0.6) is 0 Å². The minimum Gasteiger partial charge on any atom is -0.364 e. The molecule has 0 aliphatic heterocycles. The van der Waals surface area contributed by atoms with Gasteiger partial charge in [0.2, 0.25) is 5.95 Å². The molecule has 0 fully saturated rings. The SMILES string of the molecule is CCNc1nc(NC(C)(CC)CC)c2cc(C)sc2n1. The first-order valence-electron chi connectivity index (χ1n) is 7.31. The lowest BCUT2D eigenvalue weighted by atomic mass is 9.95. The van der Waals surface area contributed by atoms with Gasteiger partial charge in [-0.3, -0.25) is 0 Å². The molecular formula is C15H24N4S. The third kappa shape index (κ3) is 3.03. The molecule has 20 heavy (non-hydrogen) atoms. The number of rotatable bonds is 6. The number of nitrogens with zero attached hydrogens (tertiary/aromatic N) is 2. The summed E-state index contributed by atoms with van der Waals surface area (Å²) < 4.78 is 0. The van der Waals surface area contributed by atoms with E-state index in [4.69, 9.17) is 0 Å². The van der Waals surface area contributed by atoms with Gasteiger partial charge in [-0.2, -0.15) is 4.98 Å². The summed E-state index contributed by atoms with van der Waals surface area (Å²) >= 11 is 1.72. The van der Waals surface area contributed by atoms with E-state index in [1.165, 1.54) is 4.88 Å². The Morgan fingerprint density at radius 3 is 2.50 bits per heavy atom. The molecule has 0 bridgehead atoms. The number of aromatic nitrogens is 2. The topological polar surface area (TPSA) is 49.8 Å². The van der Waals surface area contributed by atoms with Crippen LogP contribution in [0.15, 0.2) is 6.07 Å². The molecule has 0 aliphatic rings. The lowest BCUT2D eigenvalue weighted by molar-refractivity contribution is 0.477. The van der Waals surface area contributed by atoms with Crippen LogP contribution in [0.2, 0.25) is 0 Å². The maximum atomic E-state index is 4.66. The van der Waals surface area contributed by atoms with Crippen LogP contribution in [0.25, 0.3) is 10.2 Å². The van der Waals surface area contributed by atoms with Gasteiger partial charge in [0, 0.05) is 17.0 Å². The Kier molecular flexibility index (Phi) is 4.48. The summed E-state index contributed by atoms with van der Waals surface area (Å²) in [5.74, 6) is 1.65. The second kappa shape index (κ2) is 5.95. The van der Waals surface area contributed by atoms with Crippen LogP contribution in [-0.2, 0) is 0 Å². The first kappa shape index (κ1) is 15.0. The first-order valence-corrected chi connectivity index (χ1v) is 8.13. The third-order valence-corrected chi connectivity index (χ3v) is 4.78. The first-order chi connectivity index (χ1) is 9.51. The number of thiophene rings is 1. The summed E-state index contributed by atoms with van der Waals surface area (Å²) in [4.78, 5) is 11.6. The molecule has 0 radical (unpaired) electrons. The van der Waals surface area contributed by atoms with Gasteiger partial charge in [0.1, 0.15) is 10.6 Å². The minimum absolute atomic E-state index is 0.0700. The second-order valence-electron chi connectivity index (χ2n) is 5.39. The minimum atomic E-state index is 0.0700. The maximum absolute atomic E-state index is 4.66. The monoisotopic (exact) mass is 292 g/mol. The summed E-state index contributed by atoms with van der Waals surface area (Å²) in [6, 6.07) is 2.17. The summed E-state index contributed by atoms with van der Waals surface area (Å²) in [6.45, 7) is 11.7. The molecule has 2 rings (SSSR count). The van der Waals surface area contributed by atoms with Crippen molar-refractivity contribution in [2.45, 2.75) is 53.0 Å². The van der Waals surface area contributed by atoms with Gasteiger partial charge < -0.3 is 10.6 Å². The molecule has 110 valence electrons. The summed E-state index contributed by atoms with van der Waals surface area (Å²) in [6.07, 6.45) is 2.13. The molecule has 2 aromatic heterocycles. The fourth-order valence-electron chi connectivity index (χ4n) is 2.09. The zero-order valence-corrected chi connectivity index (χ0v) is 13.8. The van der Waals surface area contributed by atoms with Crippen molar-refractivity contribution >= 4 is 33.3 Å². The number of hydrogen-bond donors (Lipinski definition) is 2. The zero-order chi connectivity index (χ0) is 14.8. The van der Waals surface area contributed by atoms with Crippen molar-refractivity contribution in [2.24, 2.45) is 0 Å². The van der Waals surface area contributed by atoms with Crippen molar-refractivity contribution in [3.8, 4) is 0 Å². The average molecular weight is 292 g/mol. The molecule has 0 atom stereocenters. The molecule has 2 heterocycles. The zero-order valence-electron chi connectivity index (χ0n) is 13.0. The van der Waals surface area contributed by atoms with Crippen LogP contribution in [0.3, 0.4) is 0 Å². The molecule has 2 aromatic rings. The number of nitrogens with one attached hydrogen (secondary N) is 2. The van der Waals surface area contributed by atoms with Crippen molar-refractivity contribution in [3.05, 3.63) is 10.9 Å². The van der Waals surface area contributed by atoms with Gasteiger partial charge in [0.15, 0.2) is 0 Å². The van der Waals surface area contributed by atoms with Crippen LogP contribution in [0.4, 0.5) is 11.8 Å². The van der Waals surface area contributed by atoms with E-state index in [1.54, 1.807) is 11.3 Å². The normalized spacial score (nSPS) is 11.8. The lowest BCUT2D eigenvalue weighted by Gasteiger charge is -2.29.